The first-order valence-corrected chi connectivity index (χ1v) is 19.9. The zero-order valence-corrected chi connectivity index (χ0v) is 34.1. The molecule has 0 atom stereocenters. The smallest absolute Gasteiger partial charge is 0.234 e. The first-order chi connectivity index (χ1) is 28.5. The Balaban J connectivity index is 1.14. The number of ether oxygens (including phenoxy) is 2. The molecule has 0 aliphatic heterocycles. The van der Waals surface area contributed by atoms with Crippen molar-refractivity contribution < 1.29 is 9.47 Å². The molecule has 0 aliphatic rings. The number of fused-ring (bicyclic) bond motifs is 3. The van der Waals surface area contributed by atoms with Crippen molar-refractivity contribution in [2.75, 3.05) is 0 Å². The first kappa shape index (κ1) is 37.5. The molecule has 5 aromatic carbocycles. The molecule has 7 nitrogen and oxygen atoms in total. The lowest BCUT2D eigenvalue weighted by molar-refractivity contribution is 0.483. The van der Waals surface area contributed by atoms with Gasteiger partial charge >= 0.3 is 0 Å². The third-order valence-corrected chi connectivity index (χ3v) is 10.6. The summed E-state index contributed by atoms with van der Waals surface area (Å²) in [6, 6.07) is 47.0. The minimum absolute atomic E-state index is 0.0150. The van der Waals surface area contributed by atoms with Gasteiger partial charge in [0.2, 0.25) is 5.95 Å². The number of aromatic nitrogens is 5. The molecule has 4 aromatic heterocycles. The molecule has 0 aliphatic carbocycles. The maximum absolute atomic E-state index is 6.53. The Hall–Kier alpha value is -7.12. The molecule has 0 saturated carbocycles. The third kappa shape index (κ3) is 7.80. The van der Waals surface area contributed by atoms with Crippen LogP contribution in [0.15, 0.2) is 164 Å². The summed E-state index contributed by atoms with van der Waals surface area (Å²) in [5, 5.41) is 2.08. The summed E-state index contributed by atoms with van der Waals surface area (Å²) in [7, 11) is 0. The predicted molar refractivity (Wildman–Crippen MR) is 239 cm³/mol. The highest BCUT2D eigenvalue weighted by Gasteiger charge is 2.22. The van der Waals surface area contributed by atoms with E-state index in [1.165, 1.54) is 11.1 Å². The number of benzene rings is 5. The summed E-state index contributed by atoms with van der Waals surface area (Å²) >= 11 is 0. The highest BCUT2D eigenvalue weighted by Crippen LogP contribution is 2.39. The lowest BCUT2D eigenvalue weighted by Gasteiger charge is -2.26. The number of hydrogen-bond donors (Lipinski definition) is 0. The second-order valence-corrected chi connectivity index (χ2v) is 17.0. The quantitative estimate of drug-likeness (QED) is 0.153. The summed E-state index contributed by atoms with van der Waals surface area (Å²) in [5.41, 5.74) is 10.1. The van der Waals surface area contributed by atoms with Crippen LogP contribution in [0.25, 0.3) is 61.4 Å². The molecular weight excluding hydrogens is 727 g/mol. The van der Waals surface area contributed by atoms with Crippen LogP contribution in [0.3, 0.4) is 0 Å². The van der Waals surface area contributed by atoms with Gasteiger partial charge in [0.15, 0.2) is 0 Å². The number of hydrogen-bond acceptors (Lipinski definition) is 6. The summed E-state index contributed by atoms with van der Waals surface area (Å²) in [6.45, 7) is 13.5. The summed E-state index contributed by atoms with van der Waals surface area (Å²) in [4.78, 5) is 19.2. The highest BCUT2D eigenvalue weighted by atomic mass is 16.5. The second-order valence-electron chi connectivity index (χ2n) is 17.0. The van der Waals surface area contributed by atoms with Gasteiger partial charge in [-0.2, -0.15) is 0 Å². The molecule has 0 unspecified atom stereocenters. The molecule has 59 heavy (non-hydrogen) atoms. The van der Waals surface area contributed by atoms with Crippen LogP contribution < -0.4 is 9.47 Å². The second kappa shape index (κ2) is 15.0. The van der Waals surface area contributed by atoms with E-state index < -0.39 is 0 Å². The van der Waals surface area contributed by atoms with E-state index >= 15 is 0 Å². The molecule has 0 N–H and O–H groups in total. The SMILES string of the molecule is CC(C)(C)c1cc(-c2cnc(-n3c4cc(Oc5cccc(-c6ccccn6)c5)ccc4c4ccc(Oc5cccc(-c6ccccn6)c5)cc43)nc2)cc(C(C)(C)C)c1. The van der Waals surface area contributed by atoms with Crippen molar-refractivity contribution >= 4 is 21.8 Å². The third-order valence-electron chi connectivity index (χ3n) is 10.6. The highest BCUT2D eigenvalue weighted by molar-refractivity contribution is 6.09. The Labute approximate surface area is 345 Å². The van der Waals surface area contributed by atoms with Crippen molar-refractivity contribution in [2.24, 2.45) is 0 Å². The van der Waals surface area contributed by atoms with E-state index in [1.807, 2.05) is 109 Å². The maximum Gasteiger partial charge on any atom is 0.234 e. The molecule has 9 aromatic rings. The van der Waals surface area contributed by atoms with E-state index in [9.17, 15) is 0 Å². The molecule has 0 fully saturated rings. The van der Waals surface area contributed by atoms with Crippen LogP contribution in [0.2, 0.25) is 0 Å². The Morgan fingerprint density at radius 3 is 1.32 bits per heavy atom. The molecule has 0 spiro atoms. The van der Waals surface area contributed by atoms with Gasteiger partial charge in [0, 0.05) is 64.4 Å². The van der Waals surface area contributed by atoms with Gasteiger partial charge in [0.05, 0.1) is 22.4 Å². The molecule has 0 bridgehead atoms. The fraction of sp³-hybridized carbons (Fsp3) is 0.154. The normalized spacial score (nSPS) is 11.9. The van der Waals surface area contributed by atoms with Crippen LogP contribution in [0.4, 0.5) is 0 Å². The van der Waals surface area contributed by atoms with Gasteiger partial charge in [0.1, 0.15) is 23.0 Å². The van der Waals surface area contributed by atoms with Crippen molar-refractivity contribution in [1.29, 1.82) is 0 Å². The predicted octanol–water partition coefficient (Wildman–Crippen LogP) is 13.5. The van der Waals surface area contributed by atoms with Gasteiger partial charge < -0.3 is 9.47 Å². The van der Waals surface area contributed by atoms with Crippen molar-refractivity contribution in [3.63, 3.8) is 0 Å². The van der Waals surface area contributed by atoms with Gasteiger partial charge in [-0.15, -0.1) is 0 Å². The molecule has 290 valence electrons. The zero-order valence-electron chi connectivity index (χ0n) is 34.1. The van der Waals surface area contributed by atoms with Gasteiger partial charge in [-0.3, -0.25) is 14.5 Å². The number of pyridine rings is 2. The van der Waals surface area contributed by atoms with E-state index in [0.717, 1.165) is 55.4 Å². The molecule has 4 heterocycles. The van der Waals surface area contributed by atoms with Crippen LogP contribution in [-0.2, 0) is 10.8 Å². The minimum Gasteiger partial charge on any atom is -0.457 e. The van der Waals surface area contributed by atoms with Gasteiger partial charge in [0.25, 0.3) is 0 Å². The van der Waals surface area contributed by atoms with E-state index in [2.05, 4.69) is 98.5 Å². The van der Waals surface area contributed by atoms with E-state index in [-0.39, 0.29) is 10.8 Å². The molecule has 0 amide bonds. The van der Waals surface area contributed by atoms with Crippen molar-refractivity contribution in [2.45, 2.75) is 52.4 Å². The standard InChI is InChI=1S/C52H45N5O2/c1-51(2,3)38-25-36(26-39(29-38)52(4,5)6)37-32-55-50(56-33-37)57-48-30-42(58-40-15-11-13-34(27-40)46-17-7-9-23-53-46)19-21-44(48)45-22-20-43(31-49(45)57)59-41-16-12-14-35(28-41)47-18-8-10-24-54-47/h7-33H,1-6H3. The van der Waals surface area contributed by atoms with Crippen LogP contribution in [0.5, 0.6) is 23.0 Å². The lowest BCUT2D eigenvalue weighted by atomic mass is 9.79. The van der Waals surface area contributed by atoms with Crippen molar-refractivity contribution in [3.05, 3.63) is 175 Å². The van der Waals surface area contributed by atoms with Gasteiger partial charge in [-0.05, 0) is 100 Å². The lowest BCUT2D eigenvalue weighted by Crippen LogP contribution is -2.16. The van der Waals surface area contributed by atoms with E-state index in [4.69, 9.17) is 19.4 Å². The van der Waals surface area contributed by atoms with Crippen LogP contribution in [-0.4, -0.2) is 24.5 Å². The topological polar surface area (TPSA) is 75.0 Å². The van der Waals surface area contributed by atoms with Crippen LogP contribution >= 0.6 is 0 Å². The average molecular weight is 772 g/mol. The molecular formula is C52H45N5O2. The van der Waals surface area contributed by atoms with Crippen LogP contribution in [0, 0.1) is 0 Å². The molecule has 9 rings (SSSR count). The van der Waals surface area contributed by atoms with Crippen molar-refractivity contribution in [1.82, 2.24) is 24.5 Å². The average Bonchev–Trinajstić information content (AvgIpc) is 3.56. The summed E-state index contributed by atoms with van der Waals surface area (Å²) < 4.78 is 15.1. The van der Waals surface area contributed by atoms with Crippen molar-refractivity contribution in [3.8, 4) is 62.6 Å². The van der Waals surface area contributed by atoms with E-state index in [1.54, 1.807) is 12.4 Å². The largest absolute Gasteiger partial charge is 0.457 e. The Morgan fingerprint density at radius 2 is 0.881 bits per heavy atom. The molecule has 0 radical (unpaired) electrons. The minimum atomic E-state index is -0.0150. The Bertz CT molecular complexity index is 2770. The monoisotopic (exact) mass is 771 g/mol. The Kier molecular flexibility index (Phi) is 9.52. The molecule has 0 saturated heterocycles. The van der Waals surface area contributed by atoms with Gasteiger partial charge in [-0.1, -0.05) is 96.1 Å². The number of nitrogens with zero attached hydrogens (tertiary/aromatic N) is 5. The fourth-order valence-electron chi connectivity index (χ4n) is 7.34. The summed E-state index contributed by atoms with van der Waals surface area (Å²) in [5.74, 6) is 3.35. The molecule has 7 heteroatoms. The first-order valence-electron chi connectivity index (χ1n) is 19.9. The zero-order chi connectivity index (χ0) is 40.7. The van der Waals surface area contributed by atoms with Crippen LogP contribution in [0.1, 0.15) is 52.7 Å². The Morgan fingerprint density at radius 1 is 0.407 bits per heavy atom. The van der Waals surface area contributed by atoms with E-state index in [0.29, 0.717) is 28.9 Å². The maximum atomic E-state index is 6.53. The summed E-state index contributed by atoms with van der Waals surface area (Å²) in [6.07, 6.45) is 7.46. The fourth-order valence-corrected chi connectivity index (χ4v) is 7.34. The van der Waals surface area contributed by atoms with Gasteiger partial charge in [-0.25, -0.2) is 9.97 Å². The number of rotatable bonds is 8.